The number of carbonyl (C=O) groups excluding carboxylic acids is 2. The van der Waals surface area contributed by atoms with Crippen LogP contribution < -0.4 is 0 Å². The summed E-state index contributed by atoms with van der Waals surface area (Å²) in [7, 11) is 0. The van der Waals surface area contributed by atoms with Crippen LogP contribution in [0.25, 0.3) is 0 Å². The van der Waals surface area contributed by atoms with Gasteiger partial charge in [0.1, 0.15) is 5.78 Å². The summed E-state index contributed by atoms with van der Waals surface area (Å²) in [6.45, 7) is 8.12. The third-order valence-corrected chi connectivity index (χ3v) is 6.27. The first-order valence-electron chi connectivity index (χ1n) is 8.26. The Morgan fingerprint density at radius 1 is 1.23 bits per heavy atom. The van der Waals surface area contributed by atoms with Gasteiger partial charge in [-0.3, -0.25) is 9.59 Å². The zero-order valence-corrected chi connectivity index (χ0v) is 14.6. The molecule has 0 radical (unpaired) electrons. The van der Waals surface area contributed by atoms with Gasteiger partial charge >= 0.3 is 0 Å². The summed E-state index contributed by atoms with van der Waals surface area (Å²) in [5.41, 5.74) is 2.52. The first kappa shape index (κ1) is 15.7. The van der Waals surface area contributed by atoms with Gasteiger partial charge in [-0.2, -0.15) is 0 Å². The van der Waals surface area contributed by atoms with Gasteiger partial charge in [0.25, 0.3) is 5.91 Å². The van der Waals surface area contributed by atoms with Crippen LogP contribution in [0.4, 0.5) is 0 Å². The Hall–Kier alpha value is -1.16. The third kappa shape index (κ3) is 2.98. The summed E-state index contributed by atoms with van der Waals surface area (Å²) in [5, 5.41) is 2.05. The number of likely N-dealkylation sites (tertiary alicyclic amines) is 1. The molecular formula is C18H25NO2S. The van der Waals surface area contributed by atoms with Crippen molar-refractivity contribution in [1.29, 1.82) is 0 Å². The minimum Gasteiger partial charge on any atom is -0.338 e. The molecule has 2 heterocycles. The van der Waals surface area contributed by atoms with Crippen LogP contribution in [0.5, 0.6) is 0 Å². The number of ketones is 1. The molecule has 1 fully saturated rings. The molecule has 0 N–H and O–H groups in total. The highest BCUT2D eigenvalue weighted by Gasteiger charge is 2.33. The maximum Gasteiger partial charge on any atom is 0.255 e. The fourth-order valence-corrected chi connectivity index (χ4v) is 4.72. The Labute approximate surface area is 136 Å². The molecule has 0 bridgehead atoms. The van der Waals surface area contributed by atoms with Crippen LogP contribution in [0.2, 0.25) is 0 Å². The number of hydrogen-bond acceptors (Lipinski definition) is 3. The van der Waals surface area contributed by atoms with Crippen LogP contribution in [0.3, 0.4) is 0 Å². The van der Waals surface area contributed by atoms with E-state index >= 15 is 0 Å². The van der Waals surface area contributed by atoms with Gasteiger partial charge in [-0.15, -0.1) is 11.3 Å². The Kier molecular flexibility index (Phi) is 4.15. The summed E-state index contributed by atoms with van der Waals surface area (Å²) in [6, 6.07) is 0. The van der Waals surface area contributed by atoms with Crippen molar-refractivity contribution in [2.75, 3.05) is 13.1 Å². The molecule has 22 heavy (non-hydrogen) atoms. The van der Waals surface area contributed by atoms with Gasteiger partial charge < -0.3 is 4.90 Å². The van der Waals surface area contributed by atoms with E-state index in [-0.39, 0.29) is 11.7 Å². The second-order valence-electron chi connectivity index (χ2n) is 7.69. The van der Waals surface area contributed by atoms with Gasteiger partial charge in [0.2, 0.25) is 0 Å². The molecule has 1 aliphatic heterocycles. The SMILES string of the molecule is CC(C)(C)C1CCc2c(C(=O)N3CCC(=O)CC3)csc2C1. The lowest BCUT2D eigenvalue weighted by atomic mass is 9.72. The molecule has 0 saturated carbocycles. The van der Waals surface area contributed by atoms with E-state index in [9.17, 15) is 9.59 Å². The van der Waals surface area contributed by atoms with Crippen LogP contribution >= 0.6 is 11.3 Å². The summed E-state index contributed by atoms with van der Waals surface area (Å²) in [5.74, 6) is 1.12. The molecule has 2 aliphatic rings. The molecule has 1 atom stereocenters. The number of Topliss-reactive ketones (excluding diaryl/α,β-unsaturated/α-hetero) is 1. The van der Waals surface area contributed by atoms with Gasteiger partial charge in [0.15, 0.2) is 0 Å². The number of fused-ring (bicyclic) bond motifs is 1. The normalized spacial score (nSPS) is 22.6. The standard InChI is InChI=1S/C18H25NO2S/c1-18(2,3)12-4-5-14-15(11-22-16(14)10-12)17(21)19-8-6-13(20)7-9-19/h11-12H,4-10H2,1-3H3. The smallest absolute Gasteiger partial charge is 0.255 e. The molecule has 1 aromatic heterocycles. The van der Waals surface area contributed by atoms with E-state index < -0.39 is 0 Å². The van der Waals surface area contributed by atoms with Crippen molar-refractivity contribution in [2.24, 2.45) is 11.3 Å². The topological polar surface area (TPSA) is 37.4 Å². The van der Waals surface area contributed by atoms with Gasteiger partial charge in [-0.1, -0.05) is 20.8 Å². The molecule has 1 saturated heterocycles. The fourth-order valence-electron chi connectivity index (χ4n) is 3.56. The molecule has 1 aliphatic carbocycles. The number of piperidine rings is 1. The van der Waals surface area contributed by atoms with Gasteiger partial charge in [-0.05, 0) is 36.2 Å². The summed E-state index contributed by atoms with van der Waals surface area (Å²) < 4.78 is 0. The first-order chi connectivity index (χ1) is 10.4. The quantitative estimate of drug-likeness (QED) is 0.791. The van der Waals surface area contributed by atoms with Crippen molar-refractivity contribution in [1.82, 2.24) is 4.90 Å². The van der Waals surface area contributed by atoms with Crippen molar-refractivity contribution in [2.45, 2.75) is 52.9 Å². The van der Waals surface area contributed by atoms with Crippen molar-refractivity contribution in [3.63, 3.8) is 0 Å². The predicted octanol–water partition coefficient (Wildman–Crippen LogP) is 3.70. The van der Waals surface area contributed by atoms with Crippen molar-refractivity contribution in [3.8, 4) is 0 Å². The van der Waals surface area contributed by atoms with E-state index in [1.165, 1.54) is 16.9 Å². The number of amides is 1. The van der Waals surface area contributed by atoms with Crippen LogP contribution in [0.1, 0.15) is 60.8 Å². The summed E-state index contributed by atoms with van der Waals surface area (Å²) >= 11 is 1.75. The number of hydrogen-bond donors (Lipinski definition) is 0. The highest BCUT2D eigenvalue weighted by Crippen LogP contribution is 2.40. The Morgan fingerprint density at radius 3 is 2.55 bits per heavy atom. The van der Waals surface area contributed by atoms with E-state index in [1.807, 2.05) is 4.90 Å². The first-order valence-corrected chi connectivity index (χ1v) is 9.14. The largest absolute Gasteiger partial charge is 0.338 e. The molecule has 0 spiro atoms. The molecule has 4 heteroatoms. The van der Waals surface area contributed by atoms with E-state index in [0.717, 1.165) is 18.4 Å². The Balaban J connectivity index is 1.76. The number of nitrogens with zero attached hydrogens (tertiary/aromatic N) is 1. The monoisotopic (exact) mass is 319 g/mol. The molecule has 1 amide bonds. The van der Waals surface area contributed by atoms with Crippen molar-refractivity contribution in [3.05, 3.63) is 21.4 Å². The zero-order valence-electron chi connectivity index (χ0n) is 13.8. The van der Waals surface area contributed by atoms with Crippen LogP contribution in [-0.4, -0.2) is 29.7 Å². The van der Waals surface area contributed by atoms with Gasteiger partial charge in [0.05, 0.1) is 5.56 Å². The lowest BCUT2D eigenvalue weighted by molar-refractivity contribution is -0.120. The van der Waals surface area contributed by atoms with Crippen molar-refractivity contribution >= 4 is 23.0 Å². The minimum atomic E-state index is 0.138. The lowest BCUT2D eigenvalue weighted by Crippen LogP contribution is -2.39. The summed E-state index contributed by atoms with van der Waals surface area (Å²) in [6.07, 6.45) is 4.34. The fraction of sp³-hybridized carbons (Fsp3) is 0.667. The molecule has 3 nitrogen and oxygen atoms in total. The molecule has 1 aromatic rings. The number of thiophene rings is 1. The average molecular weight is 319 g/mol. The Bertz CT molecular complexity index is 587. The average Bonchev–Trinajstić information content (AvgIpc) is 2.89. The number of rotatable bonds is 1. The molecule has 3 rings (SSSR count). The van der Waals surface area contributed by atoms with Gasteiger partial charge in [0, 0.05) is 36.2 Å². The number of carbonyl (C=O) groups is 2. The summed E-state index contributed by atoms with van der Waals surface area (Å²) in [4.78, 5) is 27.3. The van der Waals surface area contributed by atoms with E-state index in [2.05, 4.69) is 26.2 Å². The highest BCUT2D eigenvalue weighted by atomic mass is 32.1. The molecular weight excluding hydrogens is 294 g/mol. The minimum absolute atomic E-state index is 0.138. The van der Waals surface area contributed by atoms with Crippen LogP contribution in [-0.2, 0) is 17.6 Å². The lowest BCUT2D eigenvalue weighted by Gasteiger charge is -2.34. The molecule has 1 unspecified atom stereocenters. The highest BCUT2D eigenvalue weighted by molar-refractivity contribution is 7.10. The maximum absolute atomic E-state index is 12.7. The maximum atomic E-state index is 12.7. The molecule has 120 valence electrons. The van der Waals surface area contributed by atoms with Crippen molar-refractivity contribution < 1.29 is 9.59 Å². The predicted molar refractivity (Wildman–Crippen MR) is 89.4 cm³/mol. The second-order valence-corrected chi connectivity index (χ2v) is 8.65. The van der Waals surface area contributed by atoms with E-state index in [1.54, 1.807) is 11.3 Å². The van der Waals surface area contributed by atoms with Crippen LogP contribution in [0.15, 0.2) is 5.38 Å². The van der Waals surface area contributed by atoms with Gasteiger partial charge in [-0.25, -0.2) is 0 Å². The molecule has 0 aromatic carbocycles. The Morgan fingerprint density at radius 2 is 1.91 bits per heavy atom. The van der Waals surface area contributed by atoms with E-state index in [0.29, 0.717) is 37.3 Å². The van der Waals surface area contributed by atoms with Crippen LogP contribution in [0, 0.1) is 11.3 Å². The zero-order chi connectivity index (χ0) is 15.9. The van der Waals surface area contributed by atoms with E-state index in [4.69, 9.17) is 0 Å². The third-order valence-electron chi connectivity index (χ3n) is 5.22. The second kappa shape index (κ2) is 5.80.